The molecule has 1 saturated heterocycles. The van der Waals surface area contributed by atoms with Crippen LogP contribution in [-0.2, 0) is 24.9 Å². The highest BCUT2D eigenvalue weighted by Crippen LogP contribution is 2.33. The second-order valence-corrected chi connectivity index (χ2v) is 6.03. The van der Waals surface area contributed by atoms with E-state index >= 15 is 0 Å². The number of rotatable bonds is 7. The minimum atomic E-state index is 0.170. The van der Waals surface area contributed by atoms with E-state index in [4.69, 9.17) is 4.74 Å². The van der Waals surface area contributed by atoms with Crippen LogP contribution in [0.3, 0.4) is 0 Å². The highest BCUT2D eigenvalue weighted by molar-refractivity contribution is 5.11. The quantitative estimate of drug-likeness (QED) is 0.849. The fourth-order valence-electron chi connectivity index (χ4n) is 3.05. The summed E-state index contributed by atoms with van der Waals surface area (Å²) < 4.78 is 9.74. The molecule has 0 aromatic carbocycles. The van der Waals surface area contributed by atoms with Crippen molar-refractivity contribution in [3.63, 3.8) is 0 Å². The fourth-order valence-corrected chi connectivity index (χ4v) is 3.05. The molecule has 0 bridgehead atoms. The number of hydrogen-bond donors (Lipinski definition) is 1. The van der Waals surface area contributed by atoms with Crippen molar-refractivity contribution < 1.29 is 4.74 Å². The number of aromatic nitrogens is 4. The van der Waals surface area contributed by atoms with Crippen molar-refractivity contribution in [1.29, 1.82) is 0 Å². The van der Waals surface area contributed by atoms with Gasteiger partial charge < -0.3 is 10.1 Å². The second kappa shape index (κ2) is 7.07. The van der Waals surface area contributed by atoms with Gasteiger partial charge >= 0.3 is 0 Å². The lowest BCUT2D eigenvalue weighted by atomic mass is 9.97. The lowest BCUT2D eigenvalue weighted by Gasteiger charge is -2.17. The van der Waals surface area contributed by atoms with Crippen molar-refractivity contribution in [3.8, 4) is 0 Å². The number of ether oxygens (including phenoxy) is 1. The van der Waals surface area contributed by atoms with E-state index in [1.807, 2.05) is 28.8 Å². The van der Waals surface area contributed by atoms with Crippen LogP contribution in [0.15, 0.2) is 24.8 Å². The Morgan fingerprint density at radius 2 is 2.23 bits per heavy atom. The third-order valence-corrected chi connectivity index (χ3v) is 4.14. The molecule has 2 aromatic rings. The zero-order chi connectivity index (χ0) is 15.4. The maximum absolute atomic E-state index is 5.89. The standard InChI is InChI=1S/C16H25N5O/c1-3-5-21-11-13(8-19-21)7-17-9-14-4-6-22-16(14)15-10-18-20(2)12-15/h8,10-12,14,16-17H,3-7,9H2,1-2H3. The first-order valence-corrected chi connectivity index (χ1v) is 8.08. The van der Waals surface area contributed by atoms with E-state index in [1.165, 1.54) is 11.1 Å². The Labute approximate surface area is 131 Å². The lowest BCUT2D eigenvalue weighted by Crippen LogP contribution is -2.24. The van der Waals surface area contributed by atoms with Gasteiger partial charge in [0.2, 0.25) is 0 Å². The molecule has 3 heterocycles. The summed E-state index contributed by atoms with van der Waals surface area (Å²) in [5.74, 6) is 0.509. The number of hydrogen-bond acceptors (Lipinski definition) is 4. The van der Waals surface area contributed by atoms with Crippen LogP contribution in [0.1, 0.15) is 37.0 Å². The molecule has 3 rings (SSSR count). The molecule has 120 valence electrons. The molecule has 2 unspecified atom stereocenters. The van der Waals surface area contributed by atoms with E-state index in [1.54, 1.807) is 0 Å². The van der Waals surface area contributed by atoms with E-state index in [2.05, 4.69) is 34.8 Å². The zero-order valence-electron chi connectivity index (χ0n) is 13.4. The number of nitrogens with one attached hydrogen (secondary N) is 1. The van der Waals surface area contributed by atoms with Gasteiger partial charge in [-0.1, -0.05) is 6.92 Å². The summed E-state index contributed by atoms with van der Waals surface area (Å²) in [6.45, 7) is 5.80. The third-order valence-electron chi connectivity index (χ3n) is 4.14. The summed E-state index contributed by atoms with van der Waals surface area (Å²) in [5, 5.41) is 12.2. The van der Waals surface area contributed by atoms with Gasteiger partial charge in [-0.3, -0.25) is 9.36 Å². The van der Waals surface area contributed by atoms with Gasteiger partial charge in [-0.2, -0.15) is 10.2 Å². The molecule has 2 atom stereocenters. The maximum Gasteiger partial charge on any atom is 0.0896 e. The molecule has 0 saturated carbocycles. The van der Waals surface area contributed by atoms with Crippen LogP contribution in [0.4, 0.5) is 0 Å². The van der Waals surface area contributed by atoms with Gasteiger partial charge in [-0.15, -0.1) is 0 Å². The summed E-state index contributed by atoms with van der Waals surface area (Å²) in [6, 6.07) is 0. The average molecular weight is 303 g/mol. The lowest BCUT2D eigenvalue weighted by molar-refractivity contribution is 0.0904. The molecule has 0 spiro atoms. The first-order chi connectivity index (χ1) is 10.8. The van der Waals surface area contributed by atoms with Gasteiger partial charge in [0.1, 0.15) is 0 Å². The number of nitrogens with zero attached hydrogens (tertiary/aromatic N) is 4. The smallest absolute Gasteiger partial charge is 0.0896 e. The van der Waals surface area contributed by atoms with Crippen LogP contribution in [-0.4, -0.2) is 32.7 Å². The Morgan fingerprint density at radius 3 is 3.00 bits per heavy atom. The van der Waals surface area contributed by atoms with Crippen LogP contribution in [0, 0.1) is 5.92 Å². The molecule has 0 amide bonds. The van der Waals surface area contributed by atoms with Gasteiger partial charge in [-0.25, -0.2) is 0 Å². The largest absolute Gasteiger partial charge is 0.373 e. The van der Waals surface area contributed by atoms with Crippen molar-refractivity contribution in [2.75, 3.05) is 13.2 Å². The Bertz CT molecular complexity index is 591. The molecule has 22 heavy (non-hydrogen) atoms. The molecule has 1 fully saturated rings. The van der Waals surface area contributed by atoms with Crippen molar-refractivity contribution in [2.24, 2.45) is 13.0 Å². The molecule has 6 nitrogen and oxygen atoms in total. The van der Waals surface area contributed by atoms with Crippen LogP contribution in [0.25, 0.3) is 0 Å². The van der Waals surface area contributed by atoms with Gasteiger partial charge in [0, 0.05) is 62.7 Å². The van der Waals surface area contributed by atoms with Crippen LogP contribution < -0.4 is 5.32 Å². The van der Waals surface area contributed by atoms with Crippen LogP contribution in [0.5, 0.6) is 0 Å². The SMILES string of the molecule is CCCn1cc(CNCC2CCOC2c2cnn(C)c2)cn1. The summed E-state index contributed by atoms with van der Waals surface area (Å²) in [6.07, 6.45) is 10.4. The van der Waals surface area contributed by atoms with Gasteiger partial charge in [0.15, 0.2) is 0 Å². The van der Waals surface area contributed by atoms with E-state index in [0.717, 1.165) is 39.1 Å². The average Bonchev–Trinajstić information content (AvgIpc) is 3.21. The normalized spacial score (nSPS) is 21.5. The second-order valence-electron chi connectivity index (χ2n) is 6.03. The van der Waals surface area contributed by atoms with Crippen molar-refractivity contribution in [3.05, 3.63) is 35.9 Å². The predicted molar refractivity (Wildman–Crippen MR) is 84.2 cm³/mol. The fraction of sp³-hybridized carbons (Fsp3) is 0.625. The zero-order valence-corrected chi connectivity index (χ0v) is 13.4. The highest BCUT2D eigenvalue weighted by Gasteiger charge is 2.30. The summed E-state index contributed by atoms with van der Waals surface area (Å²) in [5.41, 5.74) is 2.42. The third kappa shape index (κ3) is 3.56. The summed E-state index contributed by atoms with van der Waals surface area (Å²) >= 11 is 0. The molecule has 6 heteroatoms. The Balaban J connectivity index is 1.50. The van der Waals surface area contributed by atoms with Gasteiger partial charge in [0.25, 0.3) is 0 Å². The first kappa shape index (κ1) is 15.2. The monoisotopic (exact) mass is 303 g/mol. The van der Waals surface area contributed by atoms with Crippen LogP contribution >= 0.6 is 0 Å². The molecule has 1 N–H and O–H groups in total. The van der Waals surface area contributed by atoms with E-state index < -0.39 is 0 Å². The molecule has 1 aliphatic rings. The van der Waals surface area contributed by atoms with Crippen LogP contribution in [0.2, 0.25) is 0 Å². The Kier molecular flexibility index (Phi) is 4.90. The Morgan fingerprint density at radius 1 is 1.32 bits per heavy atom. The topological polar surface area (TPSA) is 56.9 Å². The van der Waals surface area contributed by atoms with E-state index in [9.17, 15) is 0 Å². The summed E-state index contributed by atoms with van der Waals surface area (Å²) in [4.78, 5) is 0. The molecule has 1 aliphatic heterocycles. The van der Waals surface area contributed by atoms with E-state index in [-0.39, 0.29) is 6.10 Å². The molecular formula is C16H25N5O. The van der Waals surface area contributed by atoms with Crippen molar-refractivity contribution in [2.45, 2.75) is 39.0 Å². The Hall–Kier alpha value is -1.66. The van der Waals surface area contributed by atoms with Gasteiger partial charge in [-0.05, 0) is 12.8 Å². The maximum atomic E-state index is 5.89. The minimum Gasteiger partial charge on any atom is -0.373 e. The number of aryl methyl sites for hydroxylation is 2. The molecular weight excluding hydrogens is 278 g/mol. The van der Waals surface area contributed by atoms with Crippen molar-refractivity contribution >= 4 is 0 Å². The highest BCUT2D eigenvalue weighted by atomic mass is 16.5. The minimum absolute atomic E-state index is 0.170. The van der Waals surface area contributed by atoms with Crippen molar-refractivity contribution in [1.82, 2.24) is 24.9 Å². The summed E-state index contributed by atoms with van der Waals surface area (Å²) in [7, 11) is 1.94. The first-order valence-electron chi connectivity index (χ1n) is 8.08. The van der Waals surface area contributed by atoms with E-state index in [0.29, 0.717) is 5.92 Å². The molecule has 2 aromatic heterocycles. The predicted octanol–water partition coefficient (Wildman–Crippen LogP) is 1.89. The molecule has 0 aliphatic carbocycles. The molecule has 0 radical (unpaired) electrons. The van der Waals surface area contributed by atoms with Gasteiger partial charge in [0.05, 0.1) is 18.5 Å².